The predicted molar refractivity (Wildman–Crippen MR) is 60.3 cm³/mol. The molecule has 0 radical (unpaired) electrons. The molecule has 0 saturated carbocycles. The Balaban J connectivity index is 2.40. The highest BCUT2D eigenvalue weighted by atomic mass is 35.5. The molecule has 0 atom stereocenters. The molecule has 2 aromatic rings. The second-order valence-corrected chi connectivity index (χ2v) is 3.72. The zero-order chi connectivity index (χ0) is 11.5. The maximum Gasteiger partial charge on any atom is 0.323 e. The van der Waals surface area contributed by atoms with Crippen LogP contribution < -0.4 is 0 Å². The van der Waals surface area contributed by atoms with Gasteiger partial charge in [-0.15, -0.1) is 0 Å². The largest absolute Gasteiger partial charge is 0.480 e. The Labute approximate surface area is 97.1 Å². The summed E-state index contributed by atoms with van der Waals surface area (Å²) in [5, 5.41) is 9.34. The molecule has 0 aliphatic heterocycles. The van der Waals surface area contributed by atoms with Gasteiger partial charge >= 0.3 is 5.97 Å². The first-order chi connectivity index (χ1) is 7.66. The van der Waals surface area contributed by atoms with Gasteiger partial charge in [0.1, 0.15) is 12.4 Å². The van der Waals surface area contributed by atoms with Crippen LogP contribution in [0.4, 0.5) is 0 Å². The van der Waals surface area contributed by atoms with Crippen LogP contribution in [0.15, 0.2) is 36.7 Å². The highest BCUT2D eigenvalue weighted by Crippen LogP contribution is 2.21. The fraction of sp³-hybridized carbons (Fsp3) is 0.0909. The lowest BCUT2D eigenvalue weighted by Crippen LogP contribution is -2.09. The molecule has 0 aliphatic carbocycles. The summed E-state index contributed by atoms with van der Waals surface area (Å²) in [6.07, 6.45) is 3.20. The minimum atomic E-state index is -0.902. The molecular weight excluding hydrogens is 228 g/mol. The molecule has 0 saturated heterocycles. The summed E-state index contributed by atoms with van der Waals surface area (Å²) in [5.41, 5.74) is 0.804. The van der Waals surface area contributed by atoms with Crippen LogP contribution in [-0.4, -0.2) is 20.6 Å². The molecule has 1 N–H and O–H groups in total. The fourth-order valence-corrected chi connectivity index (χ4v) is 1.66. The number of hydrogen-bond donors (Lipinski definition) is 1. The number of imidazole rings is 1. The summed E-state index contributed by atoms with van der Waals surface area (Å²) < 4.78 is 1.56. The maximum absolute atomic E-state index is 10.6. The van der Waals surface area contributed by atoms with Crippen molar-refractivity contribution < 1.29 is 9.90 Å². The summed E-state index contributed by atoms with van der Waals surface area (Å²) in [6.45, 7) is -0.109. The second-order valence-electron chi connectivity index (χ2n) is 3.28. The number of aliphatic carboxylic acids is 1. The van der Waals surface area contributed by atoms with Crippen LogP contribution in [0.5, 0.6) is 0 Å². The standard InChI is InChI=1S/C11H9ClN2O2/c12-9-3-1-2-8(6-9)11-13-4-5-14(11)7-10(15)16/h1-6H,7H2,(H,15,16). The maximum atomic E-state index is 10.6. The van der Waals surface area contributed by atoms with Crippen LogP contribution in [0, 0.1) is 0 Å². The second kappa shape index (κ2) is 4.37. The van der Waals surface area contributed by atoms with Crippen molar-refractivity contribution in [2.24, 2.45) is 0 Å². The van der Waals surface area contributed by atoms with E-state index >= 15 is 0 Å². The van der Waals surface area contributed by atoms with Gasteiger partial charge < -0.3 is 9.67 Å². The lowest BCUT2D eigenvalue weighted by Gasteiger charge is -2.04. The number of benzene rings is 1. The average molecular weight is 237 g/mol. The summed E-state index contributed by atoms with van der Waals surface area (Å²) >= 11 is 5.87. The van der Waals surface area contributed by atoms with E-state index in [4.69, 9.17) is 16.7 Å². The molecule has 0 aliphatic rings. The molecule has 0 bridgehead atoms. The third-order valence-electron chi connectivity index (χ3n) is 2.10. The van der Waals surface area contributed by atoms with E-state index in [2.05, 4.69) is 4.98 Å². The molecule has 82 valence electrons. The number of nitrogens with zero attached hydrogens (tertiary/aromatic N) is 2. The number of carbonyl (C=O) groups is 1. The quantitative estimate of drug-likeness (QED) is 0.890. The smallest absolute Gasteiger partial charge is 0.323 e. The summed E-state index contributed by atoms with van der Waals surface area (Å²) in [5.74, 6) is -0.300. The first kappa shape index (κ1) is 10.7. The van der Waals surface area contributed by atoms with Crippen molar-refractivity contribution in [1.29, 1.82) is 0 Å². The van der Waals surface area contributed by atoms with Crippen LogP contribution in [0.2, 0.25) is 5.02 Å². The van der Waals surface area contributed by atoms with Crippen molar-refractivity contribution in [1.82, 2.24) is 9.55 Å². The van der Waals surface area contributed by atoms with E-state index < -0.39 is 5.97 Å². The van der Waals surface area contributed by atoms with Gasteiger partial charge in [0.25, 0.3) is 0 Å². The number of halogens is 1. The summed E-state index contributed by atoms with van der Waals surface area (Å²) in [4.78, 5) is 14.8. The summed E-state index contributed by atoms with van der Waals surface area (Å²) in [7, 11) is 0. The molecule has 1 aromatic carbocycles. The fourth-order valence-electron chi connectivity index (χ4n) is 1.47. The van der Waals surface area contributed by atoms with Crippen LogP contribution in [0.25, 0.3) is 11.4 Å². The van der Waals surface area contributed by atoms with Crippen molar-refractivity contribution in [2.45, 2.75) is 6.54 Å². The van der Waals surface area contributed by atoms with Crippen molar-refractivity contribution in [3.05, 3.63) is 41.7 Å². The molecule has 5 heteroatoms. The van der Waals surface area contributed by atoms with Crippen molar-refractivity contribution in [3.8, 4) is 11.4 Å². The van der Waals surface area contributed by atoms with E-state index in [9.17, 15) is 4.79 Å². The first-order valence-corrected chi connectivity index (χ1v) is 5.03. The zero-order valence-corrected chi connectivity index (χ0v) is 9.05. The third kappa shape index (κ3) is 2.23. The molecular formula is C11H9ClN2O2. The van der Waals surface area contributed by atoms with Crippen LogP contribution in [0.1, 0.15) is 0 Å². The SMILES string of the molecule is O=C(O)Cn1ccnc1-c1cccc(Cl)c1. The lowest BCUT2D eigenvalue weighted by molar-refractivity contribution is -0.137. The van der Waals surface area contributed by atoms with Crippen LogP contribution >= 0.6 is 11.6 Å². The van der Waals surface area contributed by atoms with Gasteiger partial charge in [-0.1, -0.05) is 23.7 Å². The molecule has 1 heterocycles. The third-order valence-corrected chi connectivity index (χ3v) is 2.34. The van der Waals surface area contributed by atoms with E-state index in [1.165, 1.54) is 0 Å². The van der Waals surface area contributed by atoms with Crippen molar-refractivity contribution in [2.75, 3.05) is 0 Å². The lowest BCUT2D eigenvalue weighted by atomic mass is 10.2. The van der Waals surface area contributed by atoms with E-state index in [-0.39, 0.29) is 6.54 Å². The Kier molecular flexibility index (Phi) is 2.92. The van der Waals surface area contributed by atoms with Gasteiger partial charge in [-0.2, -0.15) is 0 Å². The van der Waals surface area contributed by atoms with E-state index in [1.54, 1.807) is 35.2 Å². The molecule has 1 aromatic heterocycles. The minimum absolute atomic E-state index is 0.109. The highest BCUT2D eigenvalue weighted by molar-refractivity contribution is 6.30. The van der Waals surface area contributed by atoms with Gasteiger partial charge in [0.2, 0.25) is 0 Å². The monoisotopic (exact) mass is 236 g/mol. The number of aromatic nitrogens is 2. The van der Waals surface area contributed by atoms with Crippen molar-refractivity contribution in [3.63, 3.8) is 0 Å². The van der Waals surface area contributed by atoms with Crippen LogP contribution in [-0.2, 0) is 11.3 Å². The van der Waals surface area contributed by atoms with Crippen molar-refractivity contribution >= 4 is 17.6 Å². The molecule has 0 fully saturated rings. The predicted octanol–water partition coefficient (Wildman–Crippen LogP) is 2.29. The van der Waals surface area contributed by atoms with E-state index in [0.717, 1.165) is 5.56 Å². The number of carboxylic acid groups (broad SMARTS) is 1. The molecule has 0 spiro atoms. The zero-order valence-electron chi connectivity index (χ0n) is 8.30. The average Bonchev–Trinajstić information content (AvgIpc) is 2.65. The number of carboxylic acids is 1. The number of hydrogen-bond acceptors (Lipinski definition) is 2. The Hall–Kier alpha value is -1.81. The van der Waals surface area contributed by atoms with Gasteiger partial charge in [0.05, 0.1) is 0 Å². The topological polar surface area (TPSA) is 55.1 Å². The normalized spacial score (nSPS) is 10.3. The Bertz CT molecular complexity index is 522. The molecule has 2 rings (SSSR count). The van der Waals surface area contributed by atoms with Gasteiger partial charge in [-0.25, -0.2) is 4.98 Å². The minimum Gasteiger partial charge on any atom is -0.480 e. The van der Waals surface area contributed by atoms with Gasteiger partial charge in [0, 0.05) is 23.0 Å². The highest BCUT2D eigenvalue weighted by Gasteiger charge is 2.08. The molecule has 0 unspecified atom stereocenters. The first-order valence-electron chi connectivity index (χ1n) is 4.65. The van der Waals surface area contributed by atoms with E-state index in [1.807, 2.05) is 6.07 Å². The molecule has 4 nitrogen and oxygen atoms in total. The molecule has 16 heavy (non-hydrogen) atoms. The van der Waals surface area contributed by atoms with E-state index in [0.29, 0.717) is 10.8 Å². The Morgan fingerprint density at radius 2 is 2.31 bits per heavy atom. The number of rotatable bonds is 3. The van der Waals surface area contributed by atoms with Gasteiger partial charge in [-0.05, 0) is 12.1 Å². The molecule has 0 amide bonds. The van der Waals surface area contributed by atoms with Crippen LogP contribution in [0.3, 0.4) is 0 Å². The summed E-state index contributed by atoms with van der Waals surface area (Å²) in [6, 6.07) is 7.15. The van der Waals surface area contributed by atoms with Gasteiger partial charge in [0.15, 0.2) is 0 Å². The van der Waals surface area contributed by atoms with Gasteiger partial charge in [-0.3, -0.25) is 4.79 Å². The Morgan fingerprint density at radius 1 is 1.50 bits per heavy atom. The Morgan fingerprint density at radius 3 is 3.00 bits per heavy atom.